The van der Waals surface area contributed by atoms with Gasteiger partial charge in [0.15, 0.2) is 0 Å². The molecule has 2 aromatic rings. The fourth-order valence-electron chi connectivity index (χ4n) is 2.19. The van der Waals surface area contributed by atoms with Gasteiger partial charge in [0.05, 0.1) is 6.54 Å². The van der Waals surface area contributed by atoms with E-state index < -0.39 is 0 Å². The molecule has 0 unspecified atom stereocenters. The maximum Gasteiger partial charge on any atom is 0.241 e. The van der Waals surface area contributed by atoms with Crippen molar-refractivity contribution in [3.63, 3.8) is 0 Å². The molecule has 1 amide bonds. The van der Waals surface area contributed by atoms with E-state index in [0.717, 1.165) is 12.2 Å². The van der Waals surface area contributed by atoms with Crippen LogP contribution in [0.2, 0.25) is 0 Å². The molecule has 0 fully saturated rings. The number of para-hydroxylation sites is 1. The van der Waals surface area contributed by atoms with E-state index in [2.05, 4.69) is 16.5 Å². The number of nitrogens with one attached hydrogen (secondary N) is 1. The van der Waals surface area contributed by atoms with Crippen LogP contribution >= 0.6 is 0 Å². The summed E-state index contributed by atoms with van der Waals surface area (Å²) in [6.07, 6.45) is 4.29. The van der Waals surface area contributed by atoms with Gasteiger partial charge in [-0.1, -0.05) is 18.2 Å². The third kappa shape index (κ3) is 2.76. The van der Waals surface area contributed by atoms with Crippen LogP contribution in [-0.4, -0.2) is 28.3 Å². The minimum Gasteiger partial charge on any atom is -0.488 e. The average Bonchev–Trinajstić information content (AvgIpc) is 3.04. The summed E-state index contributed by atoms with van der Waals surface area (Å²) in [6.45, 7) is 0.765. The van der Waals surface area contributed by atoms with Crippen LogP contribution in [0.5, 0.6) is 5.75 Å². The number of fused-ring (bicyclic) bond motifs is 1. The number of rotatable bonds is 4. The average molecular weight is 257 g/mol. The Bertz CT molecular complexity index is 541. The van der Waals surface area contributed by atoms with E-state index in [-0.39, 0.29) is 18.6 Å². The first-order valence-electron chi connectivity index (χ1n) is 6.30. The summed E-state index contributed by atoms with van der Waals surface area (Å²) >= 11 is 0. The molecule has 1 aliphatic rings. The highest BCUT2D eigenvalue weighted by molar-refractivity contribution is 5.75. The molecule has 0 saturated heterocycles. The second-order valence-corrected chi connectivity index (χ2v) is 4.56. The number of hydrogen-bond acceptors (Lipinski definition) is 3. The molecule has 0 spiro atoms. The van der Waals surface area contributed by atoms with Crippen LogP contribution in [0.1, 0.15) is 5.56 Å². The Kier molecular flexibility index (Phi) is 3.18. The Morgan fingerprint density at radius 2 is 2.32 bits per heavy atom. The zero-order valence-corrected chi connectivity index (χ0v) is 10.5. The van der Waals surface area contributed by atoms with Crippen LogP contribution < -0.4 is 10.1 Å². The second kappa shape index (κ2) is 5.14. The summed E-state index contributed by atoms with van der Waals surface area (Å²) < 4.78 is 7.35. The number of ether oxygens (including phenoxy) is 1. The summed E-state index contributed by atoms with van der Waals surface area (Å²) in [5.41, 5.74) is 1.20. The highest BCUT2D eigenvalue weighted by Crippen LogP contribution is 2.27. The summed E-state index contributed by atoms with van der Waals surface area (Å²) in [5, 5.41) is 6.87. The summed E-state index contributed by atoms with van der Waals surface area (Å²) in [7, 11) is 0. The standard InChI is InChI=1S/C14H15N3O2/c18-14(10-17-7-3-6-16-17)15-9-12-8-11-4-1-2-5-13(11)19-12/h1-7,12H,8-10H2,(H,15,18)/t12-/m1/s1. The van der Waals surface area contributed by atoms with Crippen molar-refractivity contribution in [3.05, 3.63) is 48.3 Å². The molecule has 0 aliphatic carbocycles. The van der Waals surface area contributed by atoms with Gasteiger partial charge in [-0.15, -0.1) is 0 Å². The number of aromatic nitrogens is 2. The van der Waals surface area contributed by atoms with Crippen LogP contribution in [0, 0.1) is 0 Å². The molecular weight excluding hydrogens is 242 g/mol. The fourth-order valence-corrected chi connectivity index (χ4v) is 2.19. The fraction of sp³-hybridized carbons (Fsp3) is 0.286. The number of nitrogens with zero attached hydrogens (tertiary/aromatic N) is 2. The van der Waals surface area contributed by atoms with Gasteiger partial charge in [-0.05, 0) is 17.7 Å². The number of carbonyl (C=O) groups is 1. The monoisotopic (exact) mass is 257 g/mol. The maximum absolute atomic E-state index is 11.7. The van der Waals surface area contributed by atoms with E-state index in [1.54, 1.807) is 23.1 Å². The Morgan fingerprint density at radius 1 is 1.42 bits per heavy atom. The van der Waals surface area contributed by atoms with Gasteiger partial charge < -0.3 is 10.1 Å². The molecule has 0 saturated carbocycles. The van der Waals surface area contributed by atoms with Crippen molar-refractivity contribution in [2.24, 2.45) is 0 Å². The molecule has 0 radical (unpaired) electrons. The van der Waals surface area contributed by atoms with Crippen molar-refractivity contribution in [1.29, 1.82) is 0 Å². The Hall–Kier alpha value is -2.30. The van der Waals surface area contributed by atoms with E-state index in [4.69, 9.17) is 4.74 Å². The number of hydrogen-bond donors (Lipinski definition) is 1. The van der Waals surface area contributed by atoms with Crippen LogP contribution in [0.25, 0.3) is 0 Å². The zero-order chi connectivity index (χ0) is 13.1. The van der Waals surface area contributed by atoms with Crippen molar-refractivity contribution >= 4 is 5.91 Å². The summed E-state index contributed by atoms with van der Waals surface area (Å²) in [5.74, 6) is 0.872. The molecule has 19 heavy (non-hydrogen) atoms. The predicted octanol–water partition coefficient (Wildman–Crippen LogP) is 1.00. The van der Waals surface area contributed by atoms with Gasteiger partial charge in [-0.25, -0.2) is 0 Å². The van der Waals surface area contributed by atoms with Gasteiger partial charge in [-0.3, -0.25) is 9.48 Å². The Labute approximate surface area is 111 Å². The third-order valence-electron chi connectivity index (χ3n) is 3.11. The SMILES string of the molecule is O=C(Cn1cccn1)NC[C@H]1Cc2ccccc2O1. The van der Waals surface area contributed by atoms with Crippen LogP contribution in [0.4, 0.5) is 0 Å². The minimum absolute atomic E-state index is 0.0268. The molecule has 2 heterocycles. The molecule has 1 aromatic carbocycles. The number of amides is 1. The van der Waals surface area contributed by atoms with Crippen molar-refractivity contribution < 1.29 is 9.53 Å². The van der Waals surface area contributed by atoms with Crippen LogP contribution in [-0.2, 0) is 17.8 Å². The smallest absolute Gasteiger partial charge is 0.241 e. The van der Waals surface area contributed by atoms with Crippen molar-refractivity contribution in [2.75, 3.05) is 6.54 Å². The molecule has 1 aliphatic heterocycles. The normalized spacial score (nSPS) is 16.7. The Morgan fingerprint density at radius 3 is 3.11 bits per heavy atom. The largest absolute Gasteiger partial charge is 0.488 e. The lowest BCUT2D eigenvalue weighted by molar-refractivity contribution is -0.122. The van der Waals surface area contributed by atoms with Gasteiger partial charge >= 0.3 is 0 Å². The van der Waals surface area contributed by atoms with Gasteiger partial charge in [0.2, 0.25) is 5.91 Å². The summed E-state index contributed by atoms with van der Waals surface area (Å²) in [4.78, 5) is 11.7. The van der Waals surface area contributed by atoms with E-state index in [9.17, 15) is 4.79 Å². The molecule has 1 aromatic heterocycles. The Balaban J connectivity index is 1.48. The zero-order valence-electron chi connectivity index (χ0n) is 10.5. The molecule has 3 rings (SSSR count). The van der Waals surface area contributed by atoms with Gasteiger partial charge in [0.1, 0.15) is 18.4 Å². The molecule has 98 valence electrons. The quantitative estimate of drug-likeness (QED) is 0.889. The minimum atomic E-state index is -0.0525. The van der Waals surface area contributed by atoms with Crippen LogP contribution in [0.15, 0.2) is 42.7 Å². The first kappa shape index (κ1) is 11.8. The van der Waals surface area contributed by atoms with Crippen molar-refractivity contribution in [3.8, 4) is 5.75 Å². The van der Waals surface area contributed by atoms with Crippen LogP contribution in [0.3, 0.4) is 0 Å². The first-order valence-corrected chi connectivity index (χ1v) is 6.30. The van der Waals surface area contributed by atoms with E-state index in [1.165, 1.54) is 5.56 Å². The van der Waals surface area contributed by atoms with E-state index in [1.807, 2.05) is 18.2 Å². The second-order valence-electron chi connectivity index (χ2n) is 4.56. The molecule has 1 atom stereocenters. The van der Waals surface area contributed by atoms with Gasteiger partial charge in [0, 0.05) is 18.8 Å². The molecular formula is C14H15N3O2. The molecule has 1 N–H and O–H groups in total. The third-order valence-corrected chi connectivity index (χ3v) is 3.11. The van der Waals surface area contributed by atoms with E-state index in [0.29, 0.717) is 6.54 Å². The molecule has 5 heteroatoms. The lowest BCUT2D eigenvalue weighted by Crippen LogP contribution is -2.36. The highest BCUT2D eigenvalue weighted by atomic mass is 16.5. The van der Waals surface area contributed by atoms with E-state index >= 15 is 0 Å². The molecule has 5 nitrogen and oxygen atoms in total. The van der Waals surface area contributed by atoms with Crippen molar-refractivity contribution in [1.82, 2.24) is 15.1 Å². The maximum atomic E-state index is 11.7. The lowest BCUT2D eigenvalue weighted by Gasteiger charge is -2.11. The number of carbonyl (C=O) groups excluding carboxylic acids is 1. The van der Waals surface area contributed by atoms with Crippen molar-refractivity contribution in [2.45, 2.75) is 19.1 Å². The first-order chi connectivity index (χ1) is 9.31. The summed E-state index contributed by atoms with van der Waals surface area (Å²) in [6, 6.07) is 9.77. The van der Waals surface area contributed by atoms with Gasteiger partial charge in [-0.2, -0.15) is 5.10 Å². The predicted molar refractivity (Wildman–Crippen MR) is 69.8 cm³/mol. The molecule has 0 bridgehead atoms. The van der Waals surface area contributed by atoms with Gasteiger partial charge in [0.25, 0.3) is 0 Å². The lowest BCUT2D eigenvalue weighted by atomic mass is 10.1. The topological polar surface area (TPSA) is 56.2 Å². The highest BCUT2D eigenvalue weighted by Gasteiger charge is 2.22. The number of benzene rings is 1.